The summed E-state index contributed by atoms with van der Waals surface area (Å²) in [6, 6.07) is 16.0. The molecule has 3 rings (SSSR count). The van der Waals surface area contributed by atoms with Gasteiger partial charge in [-0.3, -0.25) is 9.59 Å². The number of hydrogen-bond acceptors (Lipinski definition) is 2. The first kappa shape index (κ1) is 19.2. The van der Waals surface area contributed by atoms with Gasteiger partial charge in [0.25, 0.3) is 5.91 Å². The van der Waals surface area contributed by atoms with E-state index in [1.807, 2.05) is 12.1 Å². The third-order valence-electron chi connectivity index (χ3n) is 5.09. The minimum Gasteiger partial charge on any atom is -0.352 e. The molecular weight excluding hydrogens is 336 g/mol. The zero-order valence-corrected chi connectivity index (χ0v) is 16.2. The van der Waals surface area contributed by atoms with Gasteiger partial charge in [0, 0.05) is 30.8 Å². The lowest BCUT2D eigenvalue weighted by Gasteiger charge is -2.15. The van der Waals surface area contributed by atoms with Gasteiger partial charge in [-0.1, -0.05) is 38.1 Å². The summed E-state index contributed by atoms with van der Waals surface area (Å²) in [5.74, 6) is 0.645. The van der Waals surface area contributed by atoms with Crippen LogP contribution >= 0.6 is 0 Å². The van der Waals surface area contributed by atoms with E-state index in [1.54, 1.807) is 17.0 Å². The van der Waals surface area contributed by atoms with Crippen molar-refractivity contribution in [2.75, 3.05) is 18.0 Å². The maximum atomic E-state index is 12.3. The van der Waals surface area contributed by atoms with Crippen LogP contribution in [-0.2, 0) is 11.2 Å². The fraction of sp³-hybridized carbons (Fsp3) is 0.391. The van der Waals surface area contributed by atoms with Crippen molar-refractivity contribution in [1.29, 1.82) is 0 Å². The molecule has 0 radical (unpaired) electrons. The molecule has 142 valence electrons. The molecule has 1 aliphatic heterocycles. The van der Waals surface area contributed by atoms with Crippen LogP contribution in [0.15, 0.2) is 48.5 Å². The average molecular weight is 364 g/mol. The lowest BCUT2D eigenvalue weighted by Crippen LogP contribution is -2.25. The van der Waals surface area contributed by atoms with Crippen LogP contribution in [0, 0.1) is 0 Å². The topological polar surface area (TPSA) is 49.4 Å². The Labute approximate surface area is 161 Å². The van der Waals surface area contributed by atoms with E-state index in [0.29, 0.717) is 24.4 Å². The normalized spacial score (nSPS) is 14.0. The van der Waals surface area contributed by atoms with E-state index in [2.05, 4.69) is 43.4 Å². The van der Waals surface area contributed by atoms with Crippen molar-refractivity contribution >= 4 is 17.5 Å². The highest BCUT2D eigenvalue weighted by Crippen LogP contribution is 2.21. The first-order valence-electron chi connectivity index (χ1n) is 9.82. The molecule has 4 heteroatoms. The van der Waals surface area contributed by atoms with Gasteiger partial charge < -0.3 is 10.2 Å². The molecular formula is C23H28N2O2. The second kappa shape index (κ2) is 8.85. The zero-order chi connectivity index (χ0) is 19.2. The molecule has 27 heavy (non-hydrogen) atoms. The fourth-order valence-electron chi connectivity index (χ4n) is 3.38. The summed E-state index contributed by atoms with van der Waals surface area (Å²) in [7, 11) is 0. The van der Waals surface area contributed by atoms with Gasteiger partial charge in [-0.2, -0.15) is 0 Å². The minimum absolute atomic E-state index is 0.0653. The van der Waals surface area contributed by atoms with E-state index in [1.165, 1.54) is 11.1 Å². The largest absolute Gasteiger partial charge is 0.352 e. The van der Waals surface area contributed by atoms with E-state index >= 15 is 0 Å². The molecule has 4 nitrogen and oxygen atoms in total. The fourth-order valence-corrected chi connectivity index (χ4v) is 3.38. The lowest BCUT2D eigenvalue weighted by atomic mass is 10.0. The Bertz CT molecular complexity index is 779. The number of carbonyl (C=O) groups excluding carboxylic acids is 2. The van der Waals surface area contributed by atoms with E-state index in [-0.39, 0.29) is 11.8 Å². The maximum absolute atomic E-state index is 12.3. The molecule has 0 saturated carbocycles. The Hall–Kier alpha value is -2.62. The maximum Gasteiger partial charge on any atom is 0.251 e. The number of carbonyl (C=O) groups is 2. The Kier molecular flexibility index (Phi) is 6.28. The Morgan fingerprint density at radius 1 is 1.07 bits per heavy atom. The van der Waals surface area contributed by atoms with Gasteiger partial charge in [-0.05, 0) is 60.6 Å². The number of nitrogens with zero attached hydrogens (tertiary/aromatic N) is 1. The molecule has 0 unspecified atom stereocenters. The van der Waals surface area contributed by atoms with Gasteiger partial charge in [0.05, 0.1) is 0 Å². The highest BCUT2D eigenvalue weighted by molar-refractivity contribution is 5.97. The molecule has 1 fully saturated rings. The summed E-state index contributed by atoms with van der Waals surface area (Å²) in [4.78, 5) is 25.8. The first-order chi connectivity index (χ1) is 13.0. The second-order valence-electron chi connectivity index (χ2n) is 7.45. The van der Waals surface area contributed by atoms with Crippen LogP contribution in [0.1, 0.15) is 60.5 Å². The van der Waals surface area contributed by atoms with Crippen LogP contribution in [0.2, 0.25) is 0 Å². The molecule has 1 saturated heterocycles. The summed E-state index contributed by atoms with van der Waals surface area (Å²) < 4.78 is 0. The Morgan fingerprint density at radius 3 is 2.37 bits per heavy atom. The number of anilines is 1. The molecule has 2 amide bonds. The van der Waals surface area contributed by atoms with Gasteiger partial charge in [-0.15, -0.1) is 0 Å². The minimum atomic E-state index is -0.0653. The monoisotopic (exact) mass is 364 g/mol. The third kappa shape index (κ3) is 4.97. The summed E-state index contributed by atoms with van der Waals surface area (Å²) >= 11 is 0. The summed E-state index contributed by atoms with van der Waals surface area (Å²) in [6.45, 7) is 5.81. The zero-order valence-electron chi connectivity index (χ0n) is 16.2. The van der Waals surface area contributed by atoms with Crippen molar-refractivity contribution in [2.24, 2.45) is 0 Å². The standard InChI is InChI=1S/C23H28N2O2/c1-17(2)19-9-7-18(8-10-19)5-3-15-24-23(27)20-11-13-21(14-12-20)25-16-4-6-22(25)26/h7-14,17H,3-6,15-16H2,1-2H3,(H,24,27). The predicted molar refractivity (Wildman–Crippen MR) is 109 cm³/mol. The van der Waals surface area contributed by atoms with Gasteiger partial charge >= 0.3 is 0 Å². The van der Waals surface area contributed by atoms with Crippen molar-refractivity contribution in [2.45, 2.75) is 45.4 Å². The average Bonchev–Trinajstić information content (AvgIpc) is 3.11. The number of rotatable bonds is 7. The smallest absolute Gasteiger partial charge is 0.251 e. The van der Waals surface area contributed by atoms with Crippen molar-refractivity contribution in [1.82, 2.24) is 5.32 Å². The van der Waals surface area contributed by atoms with Gasteiger partial charge in [0.15, 0.2) is 0 Å². The molecule has 0 aromatic heterocycles. The van der Waals surface area contributed by atoms with Gasteiger partial charge in [-0.25, -0.2) is 0 Å². The highest BCUT2D eigenvalue weighted by Gasteiger charge is 2.21. The summed E-state index contributed by atoms with van der Waals surface area (Å²) in [5, 5.41) is 2.98. The molecule has 2 aromatic carbocycles. The quantitative estimate of drug-likeness (QED) is 0.745. The predicted octanol–water partition coefficient (Wildman–Crippen LogP) is 4.30. The van der Waals surface area contributed by atoms with Gasteiger partial charge in [0.1, 0.15) is 0 Å². The number of aryl methyl sites for hydroxylation is 1. The molecule has 1 aliphatic rings. The first-order valence-corrected chi connectivity index (χ1v) is 9.82. The van der Waals surface area contributed by atoms with Crippen molar-refractivity contribution in [3.05, 3.63) is 65.2 Å². The molecule has 2 aromatic rings. The number of benzene rings is 2. The molecule has 0 aliphatic carbocycles. The van der Waals surface area contributed by atoms with Crippen molar-refractivity contribution in [3.8, 4) is 0 Å². The number of nitrogens with one attached hydrogen (secondary N) is 1. The highest BCUT2D eigenvalue weighted by atomic mass is 16.2. The third-order valence-corrected chi connectivity index (χ3v) is 5.09. The number of hydrogen-bond donors (Lipinski definition) is 1. The van der Waals surface area contributed by atoms with Crippen LogP contribution in [0.3, 0.4) is 0 Å². The summed E-state index contributed by atoms with van der Waals surface area (Å²) in [6.07, 6.45) is 3.38. The van der Waals surface area contributed by atoms with E-state index in [4.69, 9.17) is 0 Å². The van der Waals surface area contributed by atoms with Crippen LogP contribution in [0.5, 0.6) is 0 Å². The molecule has 0 atom stereocenters. The van der Waals surface area contributed by atoms with E-state index in [9.17, 15) is 9.59 Å². The van der Waals surface area contributed by atoms with Crippen molar-refractivity contribution in [3.63, 3.8) is 0 Å². The lowest BCUT2D eigenvalue weighted by molar-refractivity contribution is -0.117. The van der Waals surface area contributed by atoms with Gasteiger partial charge in [0.2, 0.25) is 5.91 Å². The van der Waals surface area contributed by atoms with Crippen LogP contribution in [-0.4, -0.2) is 24.9 Å². The van der Waals surface area contributed by atoms with Crippen LogP contribution in [0.25, 0.3) is 0 Å². The van der Waals surface area contributed by atoms with E-state index in [0.717, 1.165) is 31.5 Å². The van der Waals surface area contributed by atoms with E-state index < -0.39 is 0 Å². The second-order valence-corrected chi connectivity index (χ2v) is 7.45. The Morgan fingerprint density at radius 2 is 1.78 bits per heavy atom. The summed E-state index contributed by atoms with van der Waals surface area (Å²) in [5.41, 5.74) is 4.16. The van der Waals surface area contributed by atoms with Crippen LogP contribution < -0.4 is 10.2 Å². The SMILES string of the molecule is CC(C)c1ccc(CCCNC(=O)c2ccc(N3CCCC3=O)cc2)cc1. The molecule has 0 bridgehead atoms. The van der Waals surface area contributed by atoms with Crippen LogP contribution in [0.4, 0.5) is 5.69 Å². The Balaban J connectivity index is 1.44. The molecule has 0 spiro atoms. The molecule has 1 heterocycles. The number of amides is 2. The molecule has 1 N–H and O–H groups in total. The van der Waals surface area contributed by atoms with Crippen molar-refractivity contribution < 1.29 is 9.59 Å².